The van der Waals surface area contributed by atoms with Crippen LogP contribution in [0.4, 0.5) is 13.2 Å². The second-order valence-corrected chi connectivity index (χ2v) is 5.02. The van der Waals surface area contributed by atoms with Crippen LogP contribution >= 0.6 is 27.5 Å². The third kappa shape index (κ3) is 2.80. The molecule has 0 unspecified atom stereocenters. The van der Waals surface area contributed by atoms with Gasteiger partial charge in [0.1, 0.15) is 5.15 Å². The monoisotopic (exact) mass is 368 g/mol. The molecule has 0 aliphatic heterocycles. The molecule has 1 aromatic heterocycles. The lowest BCUT2D eigenvalue weighted by Gasteiger charge is -2.11. The van der Waals surface area contributed by atoms with Gasteiger partial charge >= 0.3 is 11.9 Å². The highest BCUT2D eigenvalue weighted by atomic mass is 79.9. The van der Waals surface area contributed by atoms with Crippen LogP contribution in [0.5, 0.6) is 0 Å². The maximum absolute atomic E-state index is 12.7. The lowest BCUT2D eigenvalue weighted by molar-refractivity contribution is -0.137. The predicted octanol–water partition coefficient (Wildman–Crippen LogP) is 2.96. The molecule has 0 atom stereocenters. The number of nitrogens with zero attached hydrogens (tertiary/aromatic N) is 1. The van der Waals surface area contributed by atoms with Crippen LogP contribution in [0.3, 0.4) is 0 Å². The molecule has 0 saturated carbocycles. The number of benzene rings is 1. The van der Waals surface area contributed by atoms with Crippen LogP contribution in [0, 0.1) is 0 Å². The van der Waals surface area contributed by atoms with Crippen LogP contribution < -0.4 is 11.2 Å². The minimum Gasteiger partial charge on any atom is -0.297 e. The molecule has 0 bridgehead atoms. The van der Waals surface area contributed by atoms with Crippen molar-refractivity contribution in [1.82, 2.24) is 9.55 Å². The normalized spacial score (nSPS) is 11.7. The maximum atomic E-state index is 12.7. The number of aromatic amines is 1. The first kappa shape index (κ1) is 14.9. The number of aromatic nitrogens is 2. The van der Waals surface area contributed by atoms with Gasteiger partial charge < -0.3 is 0 Å². The van der Waals surface area contributed by atoms with Crippen molar-refractivity contribution in [2.45, 2.75) is 6.18 Å². The van der Waals surface area contributed by atoms with E-state index in [1.54, 1.807) is 0 Å². The van der Waals surface area contributed by atoms with E-state index in [2.05, 4.69) is 20.9 Å². The Morgan fingerprint density at radius 2 is 1.85 bits per heavy atom. The van der Waals surface area contributed by atoms with E-state index in [-0.39, 0.29) is 15.3 Å². The fourth-order valence-corrected chi connectivity index (χ4v) is 2.15. The first-order valence-electron chi connectivity index (χ1n) is 5.09. The Morgan fingerprint density at radius 3 is 2.40 bits per heavy atom. The van der Waals surface area contributed by atoms with Crippen molar-refractivity contribution in [3.63, 3.8) is 0 Å². The summed E-state index contributed by atoms with van der Waals surface area (Å²) >= 11 is 8.50. The lowest BCUT2D eigenvalue weighted by atomic mass is 10.2. The second-order valence-electron chi connectivity index (χ2n) is 3.76. The van der Waals surface area contributed by atoms with E-state index in [1.165, 1.54) is 0 Å². The summed E-state index contributed by atoms with van der Waals surface area (Å²) in [5.74, 6) is 0. The van der Waals surface area contributed by atoms with Gasteiger partial charge in [-0.3, -0.25) is 9.78 Å². The molecule has 4 nitrogen and oxygen atoms in total. The number of nitrogens with one attached hydrogen (secondary N) is 1. The van der Waals surface area contributed by atoms with Crippen molar-refractivity contribution in [2.75, 3.05) is 0 Å². The van der Waals surface area contributed by atoms with Gasteiger partial charge in [-0.2, -0.15) is 13.2 Å². The molecule has 106 valence electrons. The molecule has 20 heavy (non-hydrogen) atoms. The molecule has 0 aliphatic rings. The Hall–Kier alpha value is -1.54. The third-order valence-corrected chi connectivity index (χ3v) is 3.29. The molecule has 0 saturated heterocycles. The number of halogens is 5. The fourth-order valence-electron chi connectivity index (χ4n) is 1.56. The quantitative estimate of drug-likeness (QED) is 0.786. The Labute approximate surface area is 122 Å². The molecule has 0 amide bonds. The highest BCUT2D eigenvalue weighted by molar-refractivity contribution is 9.10. The predicted molar refractivity (Wildman–Crippen MR) is 70.4 cm³/mol. The molecule has 1 N–H and O–H groups in total. The molecule has 0 aliphatic carbocycles. The highest BCUT2D eigenvalue weighted by Gasteiger charge is 2.31. The summed E-state index contributed by atoms with van der Waals surface area (Å²) in [5, 5.41) is -0.195. The molecule has 0 radical (unpaired) electrons. The summed E-state index contributed by atoms with van der Waals surface area (Å²) in [6.07, 6.45) is -4.59. The summed E-state index contributed by atoms with van der Waals surface area (Å²) in [6, 6.07) is 3.55. The van der Waals surface area contributed by atoms with E-state index in [1.807, 2.05) is 0 Å². The zero-order valence-electron chi connectivity index (χ0n) is 9.46. The highest BCUT2D eigenvalue weighted by Crippen LogP contribution is 2.32. The largest absolute Gasteiger partial charge is 0.416 e. The molecule has 9 heteroatoms. The van der Waals surface area contributed by atoms with E-state index in [4.69, 9.17) is 11.6 Å². The summed E-state index contributed by atoms with van der Waals surface area (Å²) in [7, 11) is 0. The smallest absolute Gasteiger partial charge is 0.297 e. The van der Waals surface area contributed by atoms with Gasteiger partial charge in [-0.1, -0.05) is 11.6 Å². The minimum atomic E-state index is -4.59. The Balaban J connectivity index is 2.77. The first-order chi connectivity index (χ1) is 9.20. The molecule has 0 fully saturated rings. The van der Waals surface area contributed by atoms with E-state index >= 15 is 0 Å². The minimum absolute atomic E-state index is 0.167. The topological polar surface area (TPSA) is 54.9 Å². The number of alkyl halides is 3. The van der Waals surface area contributed by atoms with Crippen LogP contribution in [0.2, 0.25) is 5.15 Å². The summed E-state index contributed by atoms with van der Waals surface area (Å²) < 4.78 is 38.7. The van der Waals surface area contributed by atoms with Gasteiger partial charge in [0.15, 0.2) is 0 Å². The van der Waals surface area contributed by atoms with Gasteiger partial charge in [0.25, 0.3) is 5.56 Å². The molecule has 1 aromatic carbocycles. The van der Waals surface area contributed by atoms with Gasteiger partial charge in [-0.25, -0.2) is 9.36 Å². The fraction of sp³-hybridized carbons (Fsp3) is 0.0909. The van der Waals surface area contributed by atoms with Crippen molar-refractivity contribution in [1.29, 1.82) is 0 Å². The van der Waals surface area contributed by atoms with Crippen LogP contribution in [-0.2, 0) is 6.18 Å². The Bertz CT molecular complexity index is 751. The van der Waals surface area contributed by atoms with E-state index in [9.17, 15) is 22.8 Å². The van der Waals surface area contributed by atoms with Crippen molar-refractivity contribution < 1.29 is 13.2 Å². The zero-order valence-corrected chi connectivity index (χ0v) is 11.8. The van der Waals surface area contributed by atoms with E-state index in [0.29, 0.717) is 10.6 Å². The summed E-state index contributed by atoms with van der Waals surface area (Å²) in [5.41, 5.74) is -2.96. The Kier molecular flexibility index (Phi) is 3.79. The van der Waals surface area contributed by atoms with Gasteiger partial charge in [-0.15, -0.1) is 0 Å². The SMILES string of the molecule is O=c1cc(Cl)[nH]c(=O)n1-c1cc(C(F)(F)F)ccc1Br. The lowest BCUT2D eigenvalue weighted by Crippen LogP contribution is -2.33. The van der Waals surface area contributed by atoms with E-state index < -0.39 is 23.0 Å². The molecular weight excluding hydrogens is 364 g/mol. The number of hydrogen-bond acceptors (Lipinski definition) is 2. The van der Waals surface area contributed by atoms with Crippen molar-refractivity contribution >= 4 is 27.5 Å². The van der Waals surface area contributed by atoms with Gasteiger partial charge in [-0.05, 0) is 34.1 Å². The second kappa shape index (κ2) is 5.10. The molecule has 2 rings (SSSR count). The maximum Gasteiger partial charge on any atom is 0.416 e. The van der Waals surface area contributed by atoms with Crippen LogP contribution in [0.1, 0.15) is 5.56 Å². The third-order valence-electron chi connectivity index (χ3n) is 2.41. The van der Waals surface area contributed by atoms with Gasteiger partial charge in [0, 0.05) is 10.5 Å². The van der Waals surface area contributed by atoms with Crippen LogP contribution in [-0.4, -0.2) is 9.55 Å². The van der Waals surface area contributed by atoms with E-state index in [0.717, 1.165) is 18.2 Å². The zero-order chi connectivity index (χ0) is 15.1. The van der Waals surface area contributed by atoms with Gasteiger partial charge in [0.05, 0.1) is 11.3 Å². The summed E-state index contributed by atoms with van der Waals surface area (Å²) in [6.45, 7) is 0. The van der Waals surface area contributed by atoms with Crippen LogP contribution in [0.15, 0.2) is 38.3 Å². The number of hydrogen-bond donors (Lipinski definition) is 1. The van der Waals surface area contributed by atoms with Crippen molar-refractivity contribution in [3.05, 3.63) is 60.3 Å². The van der Waals surface area contributed by atoms with Crippen molar-refractivity contribution in [2.24, 2.45) is 0 Å². The average Bonchev–Trinajstić information content (AvgIpc) is 2.28. The standard InChI is InChI=1S/C11H5BrClF3N2O2/c12-6-2-1-5(11(14,15)16)3-7(6)18-9(19)4-8(13)17-10(18)20/h1-4H,(H,17,20). The number of H-pyrrole nitrogens is 1. The average molecular weight is 370 g/mol. The van der Waals surface area contributed by atoms with Crippen molar-refractivity contribution in [3.8, 4) is 5.69 Å². The molecule has 2 aromatic rings. The first-order valence-corrected chi connectivity index (χ1v) is 6.26. The molecule has 1 heterocycles. The summed E-state index contributed by atoms with van der Waals surface area (Å²) in [4.78, 5) is 25.6. The molecular formula is C11H5BrClF3N2O2. The number of rotatable bonds is 1. The Morgan fingerprint density at radius 1 is 1.20 bits per heavy atom. The van der Waals surface area contributed by atoms with Crippen LogP contribution in [0.25, 0.3) is 5.69 Å². The molecule has 0 spiro atoms. The van der Waals surface area contributed by atoms with Gasteiger partial charge in [0.2, 0.25) is 0 Å².